The van der Waals surface area contributed by atoms with Crippen molar-refractivity contribution in [1.29, 1.82) is 0 Å². The molecule has 0 amide bonds. The van der Waals surface area contributed by atoms with Crippen LogP contribution >= 0.6 is 0 Å². The highest BCUT2D eigenvalue weighted by Crippen LogP contribution is 2.27. The van der Waals surface area contributed by atoms with Crippen LogP contribution in [0.3, 0.4) is 0 Å². The number of piperazine rings is 2. The summed E-state index contributed by atoms with van der Waals surface area (Å²) in [5.41, 5.74) is 0.930. The summed E-state index contributed by atoms with van der Waals surface area (Å²) in [4.78, 5) is 16.6. The van der Waals surface area contributed by atoms with Gasteiger partial charge in [0.25, 0.3) is 0 Å². The lowest BCUT2D eigenvalue weighted by molar-refractivity contribution is 0.312. The zero-order valence-electron chi connectivity index (χ0n) is 19.2. The molecule has 174 valence electrons. The second-order valence-electron chi connectivity index (χ2n) is 8.83. The minimum absolute atomic E-state index is 0.373. The second kappa shape index (κ2) is 8.89. The molecule has 1 aromatic heterocycles. The Labute approximate surface area is 195 Å². The van der Waals surface area contributed by atoms with Crippen LogP contribution in [0.5, 0.6) is 0 Å². The lowest BCUT2D eigenvalue weighted by Gasteiger charge is -2.36. The minimum atomic E-state index is -3.58. The normalized spacial score (nSPS) is 18.7. The van der Waals surface area contributed by atoms with Crippen LogP contribution < -0.4 is 9.80 Å². The first-order chi connectivity index (χ1) is 15.9. The van der Waals surface area contributed by atoms with Crippen molar-refractivity contribution in [3.8, 4) is 0 Å². The van der Waals surface area contributed by atoms with E-state index < -0.39 is 10.0 Å². The average Bonchev–Trinajstić information content (AvgIpc) is 2.84. The van der Waals surface area contributed by atoms with E-state index in [2.05, 4.69) is 26.7 Å². The summed E-state index contributed by atoms with van der Waals surface area (Å²) in [5, 5.41) is 1.70. The van der Waals surface area contributed by atoms with Crippen molar-refractivity contribution < 1.29 is 8.42 Å². The molecule has 0 spiro atoms. The van der Waals surface area contributed by atoms with Gasteiger partial charge in [0.05, 0.1) is 4.90 Å². The van der Waals surface area contributed by atoms with Crippen LogP contribution in [0.2, 0.25) is 0 Å². The fourth-order valence-corrected chi connectivity index (χ4v) is 6.20. The van der Waals surface area contributed by atoms with Gasteiger partial charge in [-0.05, 0) is 25.4 Å². The van der Waals surface area contributed by atoms with Crippen molar-refractivity contribution in [1.82, 2.24) is 19.2 Å². The van der Waals surface area contributed by atoms with Crippen LogP contribution in [-0.2, 0) is 10.0 Å². The third-order valence-electron chi connectivity index (χ3n) is 6.55. The van der Waals surface area contributed by atoms with Crippen LogP contribution in [-0.4, -0.2) is 87.0 Å². The molecule has 9 heteroatoms. The highest BCUT2D eigenvalue weighted by Gasteiger charge is 2.31. The summed E-state index contributed by atoms with van der Waals surface area (Å²) in [7, 11) is -1.44. The van der Waals surface area contributed by atoms with E-state index in [4.69, 9.17) is 4.98 Å². The molecule has 2 saturated heterocycles. The van der Waals surface area contributed by atoms with Crippen LogP contribution in [0.25, 0.3) is 10.8 Å². The monoisotopic (exact) mass is 466 g/mol. The van der Waals surface area contributed by atoms with Gasteiger partial charge in [-0.25, -0.2) is 13.4 Å². The molecular weight excluding hydrogens is 436 g/mol. The second-order valence-corrected chi connectivity index (χ2v) is 10.7. The minimum Gasteiger partial charge on any atom is -0.354 e. The predicted octanol–water partition coefficient (Wildman–Crippen LogP) is 2.20. The van der Waals surface area contributed by atoms with Crippen molar-refractivity contribution in [3.05, 3.63) is 54.2 Å². The lowest BCUT2D eigenvalue weighted by Crippen LogP contribution is -2.49. The molecule has 0 aliphatic carbocycles. The van der Waals surface area contributed by atoms with E-state index in [-0.39, 0.29) is 0 Å². The summed E-state index contributed by atoms with van der Waals surface area (Å²) < 4.78 is 28.5. The summed E-state index contributed by atoms with van der Waals surface area (Å²) in [6, 6.07) is 15.1. The quantitative estimate of drug-likeness (QED) is 0.584. The molecule has 2 fully saturated rings. The van der Waals surface area contributed by atoms with Gasteiger partial charge in [-0.3, -0.25) is 0 Å². The van der Waals surface area contributed by atoms with E-state index >= 15 is 0 Å². The summed E-state index contributed by atoms with van der Waals surface area (Å²) in [6.45, 7) is 7.87. The van der Waals surface area contributed by atoms with E-state index in [1.807, 2.05) is 49.4 Å². The zero-order chi connectivity index (χ0) is 23.0. The molecule has 8 nitrogen and oxygen atoms in total. The van der Waals surface area contributed by atoms with Gasteiger partial charge in [-0.1, -0.05) is 36.4 Å². The van der Waals surface area contributed by atoms with E-state index in [1.54, 1.807) is 10.4 Å². The van der Waals surface area contributed by atoms with Crippen molar-refractivity contribution in [2.24, 2.45) is 0 Å². The molecule has 0 N–H and O–H groups in total. The Morgan fingerprint density at radius 3 is 2.21 bits per heavy atom. The van der Waals surface area contributed by atoms with Crippen molar-refractivity contribution in [2.45, 2.75) is 11.8 Å². The maximum atomic E-state index is 13.5. The Hall–Kier alpha value is -2.75. The summed E-state index contributed by atoms with van der Waals surface area (Å²) in [5.74, 6) is 1.64. The fraction of sp³-hybridized carbons (Fsp3) is 0.417. The number of sulfonamides is 1. The zero-order valence-corrected chi connectivity index (χ0v) is 20.0. The standard InChI is InChI=1S/C24H30N6O2S/c1-19-18-23(28-12-10-27(2)11-13-28)26-24(25-19)29-14-16-30(17-15-29)33(31,32)22-9-5-7-20-6-3-4-8-21(20)22/h3-9,18H,10-17H2,1-2H3. The van der Waals surface area contributed by atoms with Crippen molar-refractivity contribution in [2.75, 3.05) is 69.2 Å². The smallest absolute Gasteiger partial charge is 0.243 e. The Morgan fingerprint density at radius 1 is 0.788 bits per heavy atom. The largest absolute Gasteiger partial charge is 0.354 e. The van der Waals surface area contributed by atoms with E-state index in [0.29, 0.717) is 37.0 Å². The molecule has 0 unspecified atom stereocenters. The van der Waals surface area contributed by atoms with Gasteiger partial charge in [-0.15, -0.1) is 0 Å². The molecule has 0 bridgehead atoms. The predicted molar refractivity (Wildman–Crippen MR) is 131 cm³/mol. The summed E-state index contributed by atoms with van der Waals surface area (Å²) >= 11 is 0. The molecule has 0 atom stereocenters. The SMILES string of the molecule is Cc1cc(N2CCN(C)CC2)nc(N2CCN(S(=O)(=O)c3cccc4ccccc34)CC2)n1. The number of anilines is 2. The van der Waals surface area contributed by atoms with Gasteiger partial charge in [0, 0.05) is 69.5 Å². The molecule has 33 heavy (non-hydrogen) atoms. The number of nitrogens with zero attached hydrogens (tertiary/aromatic N) is 6. The molecule has 0 radical (unpaired) electrons. The van der Waals surface area contributed by atoms with Gasteiger partial charge < -0.3 is 14.7 Å². The molecule has 0 saturated carbocycles. The van der Waals surface area contributed by atoms with Gasteiger partial charge in [0.15, 0.2) is 0 Å². The first-order valence-electron chi connectivity index (χ1n) is 11.4. The van der Waals surface area contributed by atoms with Crippen molar-refractivity contribution in [3.63, 3.8) is 0 Å². The maximum Gasteiger partial charge on any atom is 0.243 e. The van der Waals surface area contributed by atoms with Gasteiger partial charge in [-0.2, -0.15) is 9.29 Å². The highest BCUT2D eigenvalue weighted by atomic mass is 32.2. The summed E-state index contributed by atoms with van der Waals surface area (Å²) in [6.07, 6.45) is 0. The van der Waals surface area contributed by atoms with Crippen LogP contribution in [0.4, 0.5) is 11.8 Å². The Kier molecular flexibility index (Phi) is 5.94. The van der Waals surface area contributed by atoms with E-state index in [1.165, 1.54) is 0 Å². The molecule has 2 aliphatic rings. The third kappa shape index (κ3) is 4.40. The number of fused-ring (bicyclic) bond motifs is 1. The van der Waals surface area contributed by atoms with E-state index in [9.17, 15) is 8.42 Å². The van der Waals surface area contributed by atoms with Gasteiger partial charge in [0.2, 0.25) is 16.0 Å². The molecule has 3 aromatic rings. The number of hydrogen-bond acceptors (Lipinski definition) is 7. The first kappa shape index (κ1) is 22.1. The molecule has 5 rings (SSSR count). The highest BCUT2D eigenvalue weighted by molar-refractivity contribution is 7.89. The number of hydrogen-bond donors (Lipinski definition) is 0. The topological polar surface area (TPSA) is 72.9 Å². The van der Waals surface area contributed by atoms with Crippen LogP contribution in [0, 0.1) is 6.92 Å². The number of benzene rings is 2. The first-order valence-corrected chi connectivity index (χ1v) is 12.9. The Balaban J connectivity index is 1.33. The Bertz CT molecular complexity index is 1240. The maximum absolute atomic E-state index is 13.5. The number of aryl methyl sites for hydroxylation is 1. The molecule has 2 aliphatic heterocycles. The third-order valence-corrected chi connectivity index (χ3v) is 8.50. The number of aromatic nitrogens is 2. The van der Waals surface area contributed by atoms with Gasteiger partial charge >= 0.3 is 0 Å². The lowest BCUT2D eigenvalue weighted by atomic mass is 10.1. The van der Waals surface area contributed by atoms with Crippen LogP contribution in [0.15, 0.2) is 53.4 Å². The average molecular weight is 467 g/mol. The van der Waals surface area contributed by atoms with Crippen molar-refractivity contribution >= 4 is 32.6 Å². The molecule has 2 aromatic carbocycles. The van der Waals surface area contributed by atoms with E-state index in [0.717, 1.165) is 48.5 Å². The number of likely N-dealkylation sites (N-methyl/N-ethyl adjacent to an activating group) is 1. The fourth-order valence-electron chi connectivity index (χ4n) is 4.56. The van der Waals surface area contributed by atoms with Gasteiger partial charge in [0.1, 0.15) is 5.82 Å². The molecule has 3 heterocycles. The van der Waals surface area contributed by atoms with Crippen LogP contribution in [0.1, 0.15) is 5.69 Å². The molecular formula is C24H30N6O2S. The number of rotatable bonds is 4. The Morgan fingerprint density at radius 2 is 1.45 bits per heavy atom.